The molecule has 12 nitrogen and oxygen atoms in total. The lowest BCUT2D eigenvalue weighted by molar-refractivity contribution is 0.00142. The van der Waals surface area contributed by atoms with Crippen molar-refractivity contribution >= 4 is 21.4 Å². The van der Waals surface area contributed by atoms with Gasteiger partial charge in [-0.2, -0.15) is 0 Å². The number of ether oxygens (including phenoxy) is 3. The number of rotatable bonds is 9. The van der Waals surface area contributed by atoms with Crippen molar-refractivity contribution in [2.75, 3.05) is 13.7 Å². The van der Waals surface area contributed by atoms with E-state index in [0.717, 1.165) is 0 Å². The first kappa shape index (κ1) is 27.9. The summed E-state index contributed by atoms with van der Waals surface area (Å²) in [4.78, 5) is 17.3. The third kappa shape index (κ3) is 5.49. The zero-order valence-electron chi connectivity index (χ0n) is 22.3. The summed E-state index contributed by atoms with van der Waals surface area (Å²) in [5.74, 6) is 1.83. The number of aromatic nitrogens is 7. The molecule has 0 saturated heterocycles. The third-order valence-electron chi connectivity index (χ3n) is 6.42. The highest BCUT2D eigenvalue weighted by Gasteiger charge is 2.38. The van der Waals surface area contributed by atoms with Gasteiger partial charge in [0.15, 0.2) is 38.8 Å². The molecular formula is C26H28ClN7O5S. The van der Waals surface area contributed by atoms with E-state index in [1.165, 1.54) is 12.4 Å². The van der Waals surface area contributed by atoms with E-state index in [9.17, 15) is 8.42 Å². The molecule has 1 aliphatic heterocycles. The molecule has 1 aromatic carbocycles. The van der Waals surface area contributed by atoms with Crippen molar-refractivity contribution < 1.29 is 22.6 Å². The van der Waals surface area contributed by atoms with Gasteiger partial charge < -0.3 is 14.2 Å². The summed E-state index contributed by atoms with van der Waals surface area (Å²) in [6.45, 7) is 5.30. The van der Waals surface area contributed by atoms with Crippen molar-refractivity contribution in [2.45, 2.75) is 50.0 Å². The SMILES string of the molecule is COc1cccc2c1OC[C@H](c1ncccn1)n1c(CS(=O)(=O)[C@@H](C)[C@@H](OC(C)C)c3ncc(Cl)cn3)nnc1-2. The molecule has 14 heteroatoms. The minimum Gasteiger partial charge on any atom is -0.493 e. The van der Waals surface area contributed by atoms with Gasteiger partial charge in [-0.05, 0) is 39.0 Å². The van der Waals surface area contributed by atoms with Crippen LogP contribution in [0.25, 0.3) is 11.4 Å². The molecule has 4 aromatic rings. The number of hydrogen-bond donors (Lipinski definition) is 0. The molecule has 0 amide bonds. The van der Waals surface area contributed by atoms with Gasteiger partial charge in [0.2, 0.25) is 0 Å². The first-order chi connectivity index (χ1) is 19.2. The molecule has 0 bridgehead atoms. The monoisotopic (exact) mass is 585 g/mol. The van der Waals surface area contributed by atoms with E-state index in [1.807, 2.05) is 19.9 Å². The fraction of sp³-hybridized carbons (Fsp3) is 0.385. The van der Waals surface area contributed by atoms with Crippen LogP contribution in [0.1, 0.15) is 50.4 Å². The van der Waals surface area contributed by atoms with Crippen molar-refractivity contribution in [3.8, 4) is 22.9 Å². The van der Waals surface area contributed by atoms with Crippen molar-refractivity contribution in [3.05, 3.63) is 71.5 Å². The fourth-order valence-electron chi connectivity index (χ4n) is 4.49. The summed E-state index contributed by atoms with van der Waals surface area (Å²) >= 11 is 5.96. The highest BCUT2D eigenvalue weighted by molar-refractivity contribution is 7.91. The van der Waals surface area contributed by atoms with Crippen LogP contribution >= 0.6 is 11.6 Å². The Kier molecular flexibility index (Phi) is 7.97. The fourth-order valence-corrected chi connectivity index (χ4v) is 5.97. The quantitative estimate of drug-likeness (QED) is 0.284. The Morgan fingerprint density at radius 1 is 1.07 bits per heavy atom. The molecule has 0 N–H and O–H groups in total. The summed E-state index contributed by atoms with van der Waals surface area (Å²) < 4.78 is 47.2. The lowest BCUT2D eigenvalue weighted by atomic mass is 10.1. The van der Waals surface area contributed by atoms with Gasteiger partial charge in [0.05, 0.1) is 29.0 Å². The van der Waals surface area contributed by atoms with E-state index >= 15 is 0 Å². The highest BCUT2D eigenvalue weighted by Crippen LogP contribution is 2.42. The van der Waals surface area contributed by atoms with Crippen LogP contribution in [0, 0.1) is 0 Å². The van der Waals surface area contributed by atoms with Crippen LogP contribution < -0.4 is 9.47 Å². The molecule has 0 spiro atoms. The van der Waals surface area contributed by atoms with Gasteiger partial charge in [-0.15, -0.1) is 10.2 Å². The van der Waals surface area contributed by atoms with Gasteiger partial charge in [-0.25, -0.2) is 28.4 Å². The van der Waals surface area contributed by atoms with Gasteiger partial charge in [0, 0.05) is 24.8 Å². The normalized spacial score (nSPS) is 16.4. The average Bonchev–Trinajstić information content (AvgIpc) is 3.26. The van der Waals surface area contributed by atoms with Crippen molar-refractivity contribution in [1.82, 2.24) is 34.7 Å². The molecular weight excluding hydrogens is 558 g/mol. The smallest absolute Gasteiger partial charge is 0.172 e. The summed E-state index contributed by atoms with van der Waals surface area (Å²) in [6.07, 6.45) is 4.83. The molecule has 40 heavy (non-hydrogen) atoms. The number of methoxy groups -OCH3 is 1. The first-order valence-corrected chi connectivity index (χ1v) is 14.6. The van der Waals surface area contributed by atoms with Crippen LogP contribution in [0.3, 0.4) is 0 Å². The summed E-state index contributed by atoms with van der Waals surface area (Å²) in [5, 5.41) is 8.05. The zero-order chi connectivity index (χ0) is 28.4. The lowest BCUT2D eigenvalue weighted by Gasteiger charge is -2.25. The van der Waals surface area contributed by atoms with Crippen LogP contribution in [0.4, 0.5) is 0 Å². The summed E-state index contributed by atoms with van der Waals surface area (Å²) in [7, 11) is -2.35. The van der Waals surface area contributed by atoms with Crippen molar-refractivity contribution in [2.24, 2.45) is 0 Å². The number of fused-ring (bicyclic) bond motifs is 3. The number of para-hydroxylation sites is 1. The van der Waals surface area contributed by atoms with Gasteiger partial charge in [-0.3, -0.25) is 4.57 Å². The van der Waals surface area contributed by atoms with Gasteiger partial charge in [-0.1, -0.05) is 17.7 Å². The van der Waals surface area contributed by atoms with Gasteiger partial charge in [0.1, 0.15) is 30.3 Å². The van der Waals surface area contributed by atoms with E-state index in [4.69, 9.17) is 25.8 Å². The Hall–Kier alpha value is -3.68. The number of hydrogen-bond acceptors (Lipinski definition) is 11. The topological polar surface area (TPSA) is 144 Å². The number of benzene rings is 1. The third-order valence-corrected chi connectivity index (χ3v) is 8.66. The standard InChI is InChI=1S/C26H28ClN7O5S/c1-15(2)39-22(25-30-11-17(27)12-31-25)16(3)40(35,36)14-21-32-33-26-18-7-5-8-20(37-4)23(18)38-13-19(34(21)26)24-28-9-6-10-29-24/h5-12,15-16,19,22H,13-14H2,1-4H3/t16-,19+,22+/m0/s1. The number of halogens is 1. The average molecular weight is 586 g/mol. The van der Waals surface area contributed by atoms with Crippen molar-refractivity contribution in [3.63, 3.8) is 0 Å². The van der Waals surface area contributed by atoms with Crippen LogP contribution in [-0.4, -0.2) is 68.2 Å². The van der Waals surface area contributed by atoms with Crippen molar-refractivity contribution in [1.29, 1.82) is 0 Å². The molecule has 1 aliphatic rings. The molecule has 0 unspecified atom stereocenters. The minimum atomic E-state index is -3.90. The molecule has 0 fully saturated rings. The van der Waals surface area contributed by atoms with E-state index in [1.54, 1.807) is 49.2 Å². The largest absolute Gasteiger partial charge is 0.493 e. The number of nitrogens with zero attached hydrogens (tertiary/aromatic N) is 7. The second-order valence-electron chi connectivity index (χ2n) is 9.46. The Morgan fingerprint density at radius 2 is 1.80 bits per heavy atom. The number of sulfone groups is 1. The molecule has 210 valence electrons. The Labute approximate surface area is 236 Å². The Morgan fingerprint density at radius 3 is 2.48 bits per heavy atom. The minimum absolute atomic E-state index is 0.0999. The second kappa shape index (κ2) is 11.4. The van der Waals surface area contributed by atoms with Crippen LogP contribution in [-0.2, 0) is 20.3 Å². The van der Waals surface area contributed by atoms with E-state index in [-0.39, 0.29) is 24.4 Å². The van der Waals surface area contributed by atoms with E-state index < -0.39 is 33.0 Å². The molecule has 3 aromatic heterocycles. The zero-order valence-corrected chi connectivity index (χ0v) is 23.9. The highest BCUT2D eigenvalue weighted by atomic mass is 35.5. The maximum atomic E-state index is 13.9. The van der Waals surface area contributed by atoms with E-state index in [0.29, 0.717) is 33.7 Å². The maximum Gasteiger partial charge on any atom is 0.172 e. The second-order valence-corrected chi connectivity index (χ2v) is 12.3. The predicted octanol–water partition coefficient (Wildman–Crippen LogP) is 3.64. The molecule has 0 aliphatic carbocycles. The van der Waals surface area contributed by atoms with Crippen LogP contribution in [0.2, 0.25) is 5.02 Å². The molecule has 3 atom stereocenters. The summed E-state index contributed by atoms with van der Waals surface area (Å²) in [5.41, 5.74) is 0.609. The van der Waals surface area contributed by atoms with Crippen LogP contribution in [0.5, 0.6) is 11.5 Å². The molecule has 4 heterocycles. The van der Waals surface area contributed by atoms with Gasteiger partial charge in [0.25, 0.3) is 0 Å². The Balaban J connectivity index is 1.57. The molecule has 0 radical (unpaired) electrons. The summed E-state index contributed by atoms with van der Waals surface area (Å²) in [6, 6.07) is 6.49. The Bertz CT molecular complexity index is 1580. The van der Waals surface area contributed by atoms with Gasteiger partial charge >= 0.3 is 0 Å². The van der Waals surface area contributed by atoms with Crippen LogP contribution in [0.15, 0.2) is 49.1 Å². The maximum absolute atomic E-state index is 13.9. The lowest BCUT2D eigenvalue weighted by Crippen LogP contribution is -2.32. The molecule has 0 saturated carbocycles. The van der Waals surface area contributed by atoms with E-state index in [2.05, 4.69) is 30.1 Å². The molecule has 5 rings (SSSR count). The first-order valence-electron chi connectivity index (χ1n) is 12.5. The predicted molar refractivity (Wildman–Crippen MR) is 146 cm³/mol.